The lowest BCUT2D eigenvalue weighted by molar-refractivity contribution is -0.0791. The smallest absolute Gasteiger partial charge is 0.141 e. The molecule has 3 unspecified atom stereocenters. The molecule has 0 radical (unpaired) electrons. The molecule has 2 nitrogen and oxygen atoms in total. The highest BCUT2D eigenvalue weighted by Gasteiger charge is 2.50. The van der Waals surface area contributed by atoms with Crippen LogP contribution in [0.1, 0.15) is 38.3 Å². The Morgan fingerprint density at radius 2 is 2.33 bits per heavy atom. The maximum Gasteiger partial charge on any atom is 0.141 e. The van der Waals surface area contributed by atoms with E-state index in [0.717, 1.165) is 18.5 Å². The average Bonchev–Trinajstić information content (AvgIpc) is 2.26. The topological polar surface area (TPSA) is 33.1 Å². The van der Waals surface area contributed by atoms with Crippen molar-refractivity contribution in [1.82, 2.24) is 4.98 Å². The molecule has 1 N–H and O–H groups in total. The third kappa shape index (κ3) is 1.55. The Morgan fingerprint density at radius 3 is 2.80 bits per heavy atom. The van der Waals surface area contributed by atoms with E-state index in [2.05, 4.69) is 18.8 Å². The standard InChI is InChI=1S/C12H16FNO/c1-3-12(2)9(6-11(12)15)10-5-4-8(13)7-14-10/h4-5,7,9,11,15H,3,6H2,1-2H3. The van der Waals surface area contributed by atoms with Crippen molar-refractivity contribution in [2.75, 3.05) is 0 Å². The number of aromatic nitrogens is 1. The third-order valence-corrected chi connectivity index (χ3v) is 3.89. The molecule has 1 aromatic heterocycles. The van der Waals surface area contributed by atoms with Crippen molar-refractivity contribution in [2.45, 2.75) is 38.7 Å². The van der Waals surface area contributed by atoms with Gasteiger partial charge in [-0.25, -0.2) is 4.39 Å². The molecule has 1 aliphatic rings. The number of rotatable bonds is 2. The fourth-order valence-electron chi connectivity index (χ4n) is 2.37. The zero-order chi connectivity index (χ0) is 11.1. The van der Waals surface area contributed by atoms with Gasteiger partial charge in [0.1, 0.15) is 5.82 Å². The van der Waals surface area contributed by atoms with Gasteiger partial charge in [-0.15, -0.1) is 0 Å². The van der Waals surface area contributed by atoms with Crippen LogP contribution in [0.4, 0.5) is 4.39 Å². The monoisotopic (exact) mass is 209 g/mol. The lowest BCUT2D eigenvalue weighted by atomic mass is 9.56. The summed E-state index contributed by atoms with van der Waals surface area (Å²) in [7, 11) is 0. The minimum absolute atomic E-state index is 0.0924. The summed E-state index contributed by atoms with van der Waals surface area (Å²) >= 11 is 0. The molecule has 15 heavy (non-hydrogen) atoms. The minimum Gasteiger partial charge on any atom is -0.393 e. The van der Waals surface area contributed by atoms with E-state index < -0.39 is 0 Å². The molecule has 82 valence electrons. The molecule has 0 saturated heterocycles. The van der Waals surface area contributed by atoms with Gasteiger partial charge < -0.3 is 5.11 Å². The van der Waals surface area contributed by atoms with Gasteiger partial charge in [0.15, 0.2) is 0 Å². The van der Waals surface area contributed by atoms with Crippen LogP contribution in [0.25, 0.3) is 0 Å². The van der Waals surface area contributed by atoms with Gasteiger partial charge in [-0.05, 0) is 25.0 Å². The van der Waals surface area contributed by atoms with Crippen LogP contribution in [0.3, 0.4) is 0 Å². The highest BCUT2D eigenvalue weighted by atomic mass is 19.1. The second-order valence-electron chi connectivity index (χ2n) is 4.56. The minimum atomic E-state index is -0.308. The summed E-state index contributed by atoms with van der Waals surface area (Å²) in [4.78, 5) is 4.09. The van der Waals surface area contributed by atoms with E-state index in [-0.39, 0.29) is 23.3 Å². The Balaban J connectivity index is 2.23. The van der Waals surface area contributed by atoms with Gasteiger partial charge in [-0.2, -0.15) is 0 Å². The molecule has 0 aromatic carbocycles. The van der Waals surface area contributed by atoms with Gasteiger partial charge in [0.05, 0.1) is 12.3 Å². The first kappa shape index (κ1) is 10.6. The van der Waals surface area contributed by atoms with Crippen LogP contribution in [0.15, 0.2) is 18.3 Å². The van der Waals surface area contributed by atoms with Gasteiger partial charge in [-0.1, -0.05) is 13.8 Å². The summed E-state index contributed by atoms with van der Waals surface area (Å²) in [6.45, 7) is 4.13. The molecule has 0 aliphatic heterocycles. The molecule has 1 aromatic rings. The van der Waals surface area contributed by atoms with E-state index in [1.807, 2.05) is 0 Å². The number of aliphatic hydroxyl groups excluding tert-OH is 1. The molecule has 3 heteroatoms. The van der Waals surface area contributed by atoms with Crippen molar-refractivity contribution >= 4 is 0 Å². The zero-order valence-corrected chi connectivity index (χ0v) is 9.07. The number of hydrogen-bond acceptors (Lipinski definition) is 2. The van der Waals surface area contributed by atoms with Crippen LogP contribution >= 0.6 is 0 Å². The second kappa shape index (κ2) is 3.56. The first-order valence-electron chi connectivity index (χ1n) is 5.37. The number of halogens is 1. The first-order valence-corrected chi connectivity index (χ1v) is 5.37. The Morgan fingerprint density at radius 1 is 1.60 bits per heavy atom. The number of aliphatic hydroxyl groups is 1. The predicted octanol–water partition coefficient (Wildman–Crippen LogP) is 2.49. The fourth-order valence-corrected chi connectivity index (χ4v) is 2.37. The molecule has 1 heterocycles. The van der Waals surface area contributed by atoms with E-state index in [4.69, 9.17) is 0 Å². The van der Waals surface area contributed by atoms with Crippen molar-refractivity contribution in [1.29, 1.82) is 0 Å². The van der Waals surface area contributed by atoms with Crippen LogP contribution in [0.2, 0.25) is 0 Å². The lowest BCUT2D eigenvalue weighted by Gasteiger charge is -2.51. The van der Waals surface area contributed by atoms with Crippen molar-refractivity contribution in [3.63, 3.8) is 0 Å². The Bertz CT molecular complexity index is 351. The van der Waals surface area contributed by atoms with Gasteiger partial charge in [0.2, 0.25) is 0 Å². The summed E-state index contributed by atoms with van der Waals surface area (Å²) in [5, 5.41) is 9.75. The molecular weight excluding hydrogens is 193 g/mol. The van der Waals surface area contributed by atoms with Crippen LogP contribution in [0, 0.1) is 11.2 Å². The number of hydrogen-bond donors (Lipinski definition) is 1. The van der Waals surface area contributed by atoms with E-state index in [1.54, 1.807) is 6.07 Å². The SMILES string of the molecule is CCC1(C)C(O)CC1c1ccc(F)cn1. The van der Waals surface area contributed by atoms with Gasteiger partial charge in [-0.3, -0.25) is 4.98 Å². The van der Waals surface area contributed by atoms with Crippen molar-refractivity contribution in [3.8, 4) is 0 Å². The Labute approximate surface area is 89.2 Å². The normalized spacial score (nSPS) is 34.9. The molecule has 2 rings (SSSR count). The molecule has 0 spiro atoms. The zero-order valence-electron chi connectivity index (χ0n) is 9.07. The molecule has 1 aliphatic carbocycles. The molecule has 1 fully saturated rings. The van der Waals surface area contributed by atoms with Gasteiger partial charge >= 0.3 is 0 Å². The summed E-state index contributed by atoms with van der Waals surface area (Å²) in [5.74, 6) is -0.0464. The second-order valence-corrected chi connectivity index (χ2v) is 4.56. The summed E-state index contributed by atoms with van der Waals surface area (Å²) in [5.41, 5.74) is 0.802. The maximum atomic E-state index is 12.7. The molecular formula is C12H16FNO. The summed E-state index contributed by atoms with van der Waals surface area (Å²) < 4.78 is 12.7. The maximum absolute atomic E-state index is 12.7. The van der Waals surface area contributed by atoms with E-state index in [0.29, 0.717) is 0 Å². The van der Waals surface area contributed by atoms with Crippen molar-refractivity contribution in [2.24, 2.45) is 5.41 Å². The molecule has 1 saturated carbocycles. The van der Waals surface area contributed by atoms with Crippen molar-refractivity contribution < 1.29 is 9.50 Å². The van der Waals surface area contributed by atoms with Crippen LogP contribution in [0.5, 0.6) is 0 Å². The Kier molecular flexibility index (Phi) is 2.51. The highest BCUT2D eigenvalue weighted by Crippen LogP contribution is 2.54. The van der Waals surface area contributed by atoms with Crippen LogP contribution in [-0.4, -0.2) is 16.2 Å². The van der Waals surface area contributed by atoms with Crippen molar-refractivity contribution in [3.05, 3.63) is 29.8 Å². The molecule has 3 atom stereocenters. The molecule has 0 amide bonds. The quantitative estimate of drug-likeness (QED) is 0.811. The number of pyridine rings is 1. The average molecular weight is 209 g/mol. The van der Waals surface area contributed by atoms with Gasteiger partial charge in [0, 0.05) is 17.0 Å². The largest absolute Gasteiger partial charge is 0.393 e. The van der Waals surface area contributed by atoms with Crippen LogP contribution in [-0.2, 0) is 0 Å². The van der Waals surface area contributed by atoms with E-state index in [1.165, 1.54) is 12.3 Å². The van der Waals surface area contributed by atoms with Gasteiger partial charge in [0.25, 0.3) is 0 Å². The predicted molar refractivity (Wildman–Crippen MR) is 56.0 cm³/mol. The lowest BCUT2D eigenvalue weighted by Crippen LogP contribution is -2.49. The summed E-state index contributed by atoms with van der Waals surface area (Å²) in [6, 6.07) is 3.16. The third-order valence-electron chi connectivity index (χ3n) is 3.89. The van der Waals surface area contributed by atoms with E-state index in [9.17, 15) is 9.50 Å². The highest BCUT2D eigenvalue weighted by molar-refractivity contribution is 5.20. The Hall–Kier alpha value is -0.960. The fraction of sp³-hybridized carbons (Fsp3) is 0.583. The van der Waals surface area contributed by atoms with Crippen LogP contribution < -0.4 is 0 Å². The van der Waals surface area contributed by atoms with E-state index >= 15 is 0 Å². The summed E-state index contributed by atoms with van der Waals surface area (Å²) in [6.07, 6.45) is 2.65. The molecule has 0 bridgehead atoms. The number of nitrogens with zero attached hydrogens (tertiary/aromatic N) is 1. The first-order chi connectivity index (χ1) is 7.08.